The fourth-order valence-corrected chi connectivity index (χ4v) is 2.78. The molecular weight excluding hydrogens is 174 g/mol. The Kier molecular flexibility index (Phi) is 3.10. The van der Waals surface area contributed by atoms with Crippen molar-refractivity contribution in [3.8, 4) is 0 Å². The average Bonchev–Trinajstić information content (AvgIpc) is 2.71. The normalized spacial score (nSPS) is 39.9. The molecule has 2 rings (SSSR count). The Morgan fingerprint density at radius 3 is 2.57 bits per heavy atom. The molecule has 0 spiro atoms. The summed E-state index contributed by atoms with van der Waals surface area (Å²) >= 11 is 0. The molecule has 2 aliphatic rings. The molecule has 2 fully saturated rings. The molecule has 0 aromatic heterocycles. The molecule has 0 amide bonds. The summed E-state index contributed by atoms with van der Waals surface area (Å²) in [6.07, 6.45) is 1.34. The molecule has 0 radical (unpaired) electrons. The van der Waals surface area contributed by atoms with Crippen LogP contribution in [0, 0.1) is 5.92 Å². The van der Waals surface area contributed by atoms with Gasteiger partial charge in [0.2, 0.25) is 0 Å². The summed E-state index contributed by atoms with van der Waals surface area (Å²) in [6, 6.07) is 1.57. The van der Waals surface area contributed by atoms with Crippen LogP contribution >= 0.6 is 0 Å². The minimum atomic E-state index is 0.780. The third-order valence-electron chi connectivity index (χ3n) is 3.87. The summed E-state index contributed by atoms with van der Waals surface area (Å²) < 4.78 is 0. The quantitative estimate of drug-likeness (QED) is 0.684. The van der Waals surface area contributed by atoms with Crippen LogP contribution in [0.3, 0.4) is 0 Å². The van der Waals surface area contributed by atoms with Gasteiger partial charge in [-0.25, -0.2) is 0 Å². The van der Waals surface area contributed by atoms with Crippen LogP contribution in [0.1, 0.15) is 13.3 Å². The number of likely N-dealkylation sites (tertiary alicyclic amines) is 1. The number of rotatable bonds is 2. The Labute approximate surface area is 87.4 Å². The highest BCUT2D eigenvalue weighted by Gasteiger charge is 2.34. The molecule has 3 heteroatoms. The molecule has 2 saturated heterocycles. The van der Waals surface area contributed by atoms with Crippen LogP contribution < -0.4 is 5.32 Å². The summed E-state index contributed by atoms with van der Waals surface area (Å²) in [7, 11) is 4.40. The molecule has 0 aromatic rings. The first kappa shape index (κ1) is 10.4. The molecule has 3 nitrogen and oxygen atoms in total. The Morgan fingerprint density at radius 2 is 2.07 bits per heavy atom. The summed E-state index contributed by atoms with van der Waals surface area (Å²) in [4.78, 5) is 5.04. The Hall–Kier alpha value is -0.120. The van der Waals surface area contributed by atoms with Crippen LogP contribution in [0.25, 0.3) is 0 Å². The van der Waals surface area contributed by atoms with Crippen LogP contribution in [0.15, 0.2) is 0 Å². The van der Waals surface area contributed by atoms with E-state index >= 15 is 0 Å². The van der Waals surface area contributed by atoms with Crippen molar-refractivity contribution in [1.29, 1.82) is 0 Å². The molecule has 3 atom stereocenters. The van der Waals surface area contributed by atoms with Crippen molar-refractivity contribution in [1.82, 2.24) is 15.1 Å². The molecule has 0 saturated carbocycles. The van der Waals surface area contributed by atoms with Gasteiger partial charge in [-0.3, -0.25) is 4.90 Å². The molecule has 14 heavy (non-hydrogen) atoms. The van der Waals surface area contributed by atoms with Crippen molar-refractivity contribution in [3.05, 3.63) is 0 Å². The van der Waals surface area contributed by atoms with Crippen molar-refractivity contribution in [2.24, 2.45) is 5.92 Å². The van der Waals surface area contributed by atoms with Gasteiger partial charge in [-0.05, 0) is 33.0 Å². The number of nitrogens with one attached hydrogen (secondary N) is 1. The van der Waals surface area contributed by atoms with Crippen LogP contribution in [-0.2, 0) is 0 Å². The lowest BCUT2D eigenvalue weighted by Gasteiger charge is -2.27. The maximum absolute atomic E-state index is 3.49. The number of hydrogen-bond donors (Lipinski definition) is 1. The lowest BCUT2D eigenvalue weighted by molar-refractivity contribution is 0.198. The van der Waals surface area contributed by atoms with E-state index in [0.29, 0.717) is 0 Å². The monoisotopic (exact) mass is 197 g/mol. The number of nitrogens with zero attached hydrogens (tertiary/aromatic N) is 2. The van der Waals surface area contributed by atoms with E-state index in [1.807, 2.05) is 0 Å². The molecule has 3 unspecified atom stereocenters. The molecule has 82 valence electrons. The van der Waals surface area contributed by atoms with Crippen LogP contribution in [-0.4, -0.2) is 62.2 Å². The van der Waals surface area contributed by atoms with Crippen molar-refractivity contribution in [2.75, 3.05) is 40.3 Å². The standard InChI is InChI=1S/C11H23N3/c1-9-6-12-7-11(9)14-5-4-10(8-14)13(2)3/h9-12H,4-8H2,1-3H3. The predicted octanol–water partition coefficient (Wildman–Crippen LogP) is 0.230. The minimum Gasteiger partial charge on any atom is -0.315 e. The first-order chi connectivity index (χ1) is 6.68. The van der Waals surface area contributed by atoms with Crippen molar-refractivity contribution in [3.63, 3.8) is 0 Å². The summed E-state index contributed by atoms with van der Waals surface area (Å²) in [5.74, 6) is 0.830. The van der Waals surface area contributed by atoms with Crippen LogP contribution in [0.5, 0.6) is 0 Å². The lowest BCUT2D eigenvalue weighted by atomic mass is 10.1. The second-order valence-electron chi connectivity index (χ2n) is 5.10. The van der Waals surface area contributed by atoms with Gasteiger partial charge in [0, 0.05) is 31.7 Å². The van der Waals surface area contributed by atoms with Gasteiger partial charge in [0.1, 0.15) is 0 Å². The van der Waals surface area contributed by atoms with Crippen LogP contribution in [0.2, 0.25) is 0 Å². The highest BCUT2D eigenvalue weighted by atomic mass is 15.3. The molecule has 1 N–H and O–H groups in total. The third-order valence-corrected chi connectivity index (χ3v) is 3.87. The molecule has 0 bridgehead atoms. The van der Waals surface area contributed by atoms with E-state index in [2.05, 4.69) is 36.1 Å². The molecule has 0 aromatic carbocycles. The highest BCUT2D eigenvalue weighted by Crippen LogP contribution is 2.22. The van der Waals surface area contributed by atoms with E-state index in [1.54, 1.807) is 0 Å². The van der Waals surface area contributed by atoms with E-state index in [4.69, 9.17) is 0 Å². The molecular formula is C11H23N3. The van der Waals surface area contributed by atoms with Crippen LogP contribution in [0.4, 0.5) is 0 Å². The zero-order valence-corrected chi connectivity index (χ0v) is 9.66. The maximum atomic E-state index is 3.49. The van der Waals surface area contributed by atoms with E-state index in [1.165, 1.54) is 32.6 Å². The lowest BCUT2D eigenvalue weighted by Crippen LogP contribution is -2.40. The van der Waals surface area contributed by atoms with Crippen molar-refractivity contribution < 1.29 is 0 Å². The second kappa shape index (κ2) is 4.17. The zero-order chi connectivity index (χ0) is 10.1. The molecule has 2 heterocycles. The van der Waals surface area contributed by atoms with Gasteiger partial charge >= 0.3 is 0 Å². The fraction of sp³-hybridized carbons (Fsp3) is 1.00. The summed E-state index contributed by atoms with van der Waals surface area (Å²) in [5, 5.41) is 3.49. The van der Waals surface area contributed by atoms with E-state index in [0.717, 1.165) is 18.0 Å². The summed E-state index contributed by atoms with van der Waals surface area (Å²) in [5.41, 5.74) is 0. The Bertz CT molecular complexity index is 193. The van der Waals surface area contributed by atoms with Gasteiger partial charge in [0.15, 0.2) is 0 Å². The van der Waals surface area contributed by atoms with Crippen molar-refractivity contribution in [2.45, 2.75) is 25.4 Å². The van der Waals surface area contributed by atoms with E-state index in [-0.39, 0.29) is 0 Å². The second-order valence-corrected chi connectivity index (χ2v) is 5.10. The van der Waals surface area contributed by atoms with Gasteiger partial charge in [-0.1, -0.05) is 6.92 Å². The Balaban J connectivity index is 1.88. The minimum absolute atomic E-state index is 0.780. The number of hydrogen-bond acceptors (Lipinski definition) is 3. The van der Waals surface area contributed by atoms with Gasteiger partial charge in [0.05, 0.1) is 0 Å². The summed E-state index contributed by atoms with van der Waals surface area (Å²) in [6.45, 7) is 7.33. The topological polar surface area (TPSA) is 18.5 Å². The highest BCUT2D eigenvalue weighted by molar-refractivity contribution is 4.92. The first-order valence-electron chi connectivity index (χ1n) is 5.79. The fourth-order valence-electron chi connectivity index (χ4n) is 2.78. The zero-order valence-electron chi connectivity index (χ0n) is 9.66. The first-order valence-corrected chi connectivity index (χ1v) is 5.79. The average molecular weight is 197 g/mol. The SMILES string of the molecule is CC1CNCC1N1CCC(N(C)C)C1. The van der Waals surface area contributed by atoms with Gasteiger partial charge in [-0.15, -0.1) is 0 Å². The van der Waals surface area contributed by atoms with Crippen molar-refractivity contribution >= 4 is 0 Å². The van der Waals surface area contributed by atoms with E-state index in [9.17, 15) is 0 Å². The smallest absolute Gasteiger partial charge is 0.0258 e. The third kappa shape index (κ3) is 1.95. The molecule has 0 aliphatic carbocycles. The van der Waals surface area contributed by atoms with Gasteiger partial charge in [0.25, 0.3) is 0 Å². The molecule has 2 aliphatic heterocycles. The number of likely N-dealkylation sites (N-methyl/N-ethyl adjacent to an activating group) is 1. The van der Waals surface area contributed by atoms with E-state index < -0.39 is 0 Å². The van der Waals surface area contributed by atoms with Gasteiger partial charge < -0.3 is 10.2 Å². The maximum Gasteiger partial charge on any atom is 0.0258 e. The predicted molar refractivity (Wildman–Crippen MR) is 59.5 cm³/mol. The largest absolute Gasteiger partial charge is 0.315 e. The Morgan fingerprint density at radius 1 is 1.29 bits per heavy atom. The van der Waals surface area contributed by atoms with Gasteiger partial charge in [-0.2, -0.15) is 0 Å².